The van der Waals surface area contributed by atoms with E-state index in [-0.39, 0.29) is 17.2 Å². The van der Waals surface area contributed by atoms with Crippen LogP contribution in [0.5, 0.6) is 11.5 Å². The second-order valence-electron chi connectivity index (χ2n) is 7.01. The van der Waals surface area contributed by atoms with Gasteiger partial charge in [0.05, 0.1) is 24.2 Å². The van der Waals surface area contributed by atoms with Crippen LogP contribution in [-0.2, 0) is 4.79 Å². The molecule has 2 aromatic carbocycles. The summed E-state index contributed by atoms with van der Waals surface area (Å²) in [5.41, 5.74) is 0.723. The number of hydrogen-bond donors (Lipinski definition) is 1. The fraction of sp³-hybridized carbons (Fsp3) is 0.273. The highest BCUT2D eigenvalue weighted by atomic mass is 79.9. The fourth-order valence-corrected chi connectivity index (χ4v) is 3.84. The van der Waals surface area contributed by atoms with Crippen molar-refractivity contribution in [2.24, 2.45) is 5.10 Å². The number of nitrogens with zero attached hydrogens (tertiary/aromatic N) is 3. The Labute approximate surface area is 201 Å². The van der Waals surface area contributed by atoms with E-state index in [4.69, 9.17) is 14.6 Å². The van der Waals surface area contributed by atoms with Crippen LogP contribution in [0.25, 0.3) is 10.9 Å². The largest absolute Gasteiger partial charge is 0.493 e. The number of carboxylic acids is 1. The molecule has 1 atom stereocenters. The maximum atomic E-state index is 13.3. The normalized spacial score (nSPS) is 12.3. The third kappa shape index (κ3) is 5.18. The number of hydrogen-bond acceptors (Lipinski definition) is 6. The van der Waals surface area contributed by atoms with Gasteiger partial charge in [-0.15, -0.1) is 0 Å². The van der Waals surface area contributed by atoms with E-state index >= 15 is 0 Å². The molecule has 0 saturated heterocycles. The molecule has 8 nitrogen and oxygen atoms in total. The van der Waals surface area contributed by atoms with Gasteiger partial charge in [0.2, 0.25) is 0 Å². The molecule has 0 fully saturated rings. The quantitative estimate of drug-likeness (QED) is 0.393. The summed E-state index contributed by atoms with van der Waals surface area (Å²) in [5, 5.41) is 13.9. The van der Waals surface area contributed by atoms with Gasteiger partial charge in [0, 0.05) is 20.4 Å². The number of aliphatic carboxylic acids is 1. The Bertz CT molecular complexity index is 1260. The van der Waals surface area contributed by atoms with Gasteiger partial charge >= 0.3 is 5.97 Å². The molecule has 0 saturated carbocycles. The van der Waals surface area contributed by atoms with Crippen LogP contribution in [0.1, 0.15) is 37.6 Å². The van der Waals surface area contributed by atoms with Gasteiger partial charge in [0.25, 0.3) is 5.56 Å². The van der Waals surface area contributed by atoms with Crippen molar-refractivity contribution in [3.8, 4) is 11.5 Å². The fourth-order valence-electron chi connectivity index (χ4n) is 3.02. The molecule has 0 spiro atoms. The van der Waals surface area contributed by atoms with Gasteiger partial charge in [0.15, 0.2) is 18.1 Å². The van der Waals surface area contributed by atoms with Crippen LogP contribution in [0.4, 0.5) is 0 Å². The number of ether oxygens (including phenoxy) is 2. The third-order valence-electron chi connectivity index (χ3n) is 4.81. The van der Waals surface area contributed by atoms with E-state index in [1.165, 1.54) is 18.0 Å². The number of rotatable bonds is 8. The van der Waals surface area contributed by atoms with Gasteiger partial charge in [-0.25, -0.2) is 9.78 Å². The highest BCUT2D eigenvalue weighted by Gasteiger charge is 2.17. The van der Waals surface area contributed by atoms with Crippen LogP contribution in [-0.4, -0.2) is 40.7 Å². The van der Waals surface area contributed by atoms with E-state index in [1.54, 1.807) is 24.3 Å². The number of aromatic nitrogens is 2. The van der Waals surface area contributed by atoms with E-state index < -0.39 is 12.6 Å². The van der Waals surface area contributed by atoms with Crippen LogP contribution in [0, 0.1) is 0 Å². The molecule has 0 radical (unpaired) electrons. The highest BCUT2D eigenvalue weighted by Crippen LogP contribution is 2.34. The standard InChI is InChI=1S/C22H21Br2N3O5/c1-4-12(2)21-26-17-6-5-14(23)8-16(17)22(30)27(21)25-10-13-7-15(24)9-18(31-3)20(13)32-11-19(28)29/h5-10,12H,4,11H2,1-3H3,(H,28,29)/t12-/m0/s1. The van der Waals surface area contributed by atoms with Crippen LogP contribution in [0.3, 0.4) is 0 Å². The molecule has 0 aliphatic heterocycles. The Morgan fingerprint density at radius 1 is 1.28 bits per heavy atom. The lowest BCUT2D eigenvalue weighted by atomic mass is 10.1. The van der Waals surface area contributed by atoms with Crippen molar-refractivity contribution >= 4 is 54.9 Å². The predicted octanol–water partition coefficient (Wildman–Crippen LogP) is 4.79. The van der Waals surface area contributed by atoms with Crippen molar-refractivity contribution in [2.75, 3.05) is 13.7 Å². The average Bonchev–Trinajstić information content (AvgIpc) is 2.76. The van der Waals surface area contributed by atoms with Gasteiger partial charge < -0.3 is 14.6 Å². The molecule has 0 amide bonds. The molecule has 0 aliphatic carbocycles. The molecule has 1 aromatic heterocycles. The second-order valence-corrected chi connectivity index (χ2v) is 8.84. The zero-order valence-electron chi connectivity index (χ0n) is 17.6. The summed E-state index contributed by atoms with van der Waals surface area (Å²) in [6.45, 7) is 3.43. The van der Waals surface area contributed by atoms with E-state index in [0.29, 0.717) is 32.5 Å². The lowest BCUT2D eigenvalue weighted by molar-refractivity contribution is -0.139. The van der Waals surface area contributed by atoms with E-state index in [9.17, 15) is 9.59 Å². The zero-order valence-corrected chi connectivity index (χ0v) is 20.8. The molecule has 3 rings (SSSR count). The number of halogens is 2. The number of carboxylic acid groups (broad SMARTS) is 1. The van der Waals surface area contributed by atoms with Crippen LogP contribution in [0.2, 0.25) is 0 Å². The SMILES string of the molecule is CC[C@H](C)c1nc2ccc(Br)cc2c(=O)n1N=Cc1cc(Br)cc(OC)c1OCC(=O)O. The maximum absolute atomic E-state index is 13.3. The Morgan fingerprint density at radius 3 is 2.69 bits per heavy atom. The highest BCUT2D eigenvalue weighted by molar-refractivity contribution is 9.10. The van der Waals surface area contributed by atoms with Crippen molar-refractivity contribution in [3.05, 3.63) is 61.0 Å². The first kappa shape index (κ1) is 23.9. The van der Waals surface area contributed by atoms with E-state index in [2.05, 4.69) is 41.9 Å². The number of carbonyl (C=O) groups is 1. The molecule has 1 N–H and O–H groups in total. The summed E-state index contributed by atoms with van der Waals surface area (Å²) in [5.74, 6) is -0.0859. The van der Waals surface area contributed by atoms with Gasteiger partial charge in [0.1, 0.15) is 5.82 Å². The van der Waals surface area contributed by atoms with Crippen molar-refractivity contribution in [1.82, 2.24) is 9.66 Å². The number of benzene rings is 2. The summed E-state index contributed by atoms with van der Waals surface area (Å²) in [6.07, 6.45) is 2.20. The summed E-state index contributed by atoms with van der Waals surface area (Å²) in [7, 11) is 1.45. The minimum absolute atomic E-state index is 0.0207. The van der Waals surface area contributed by atoms with Crippen LogP contribution >= 0.6 is 31.9 Å². The average molecular weight is 567 g/mol. The lowest BCUT2D eigenvalue weighted by Gasteiger charge is -2.15. The van der Waals surface area contributed by atoms with Gasteiger partial charge in [-0.2, -0.15) is 9.78 Å². The molecule has 1 heterocycles. The summed E-state index contributed by atoms with van der Waals surface area (Å²) >= 11 is 6.79. The first-order valence-electron chi connectivity index (χ1n) is 9.73. The van der Waals surface area contributed by atoms with Crippen molar-refractivity contribution in [2.45, 2.75) is 26.2 Å². The Balaban J connectivity index is 2.19. The van der Waals surface area contributed by atoms with Gasteiger partial charge in [-0.3, -0.25) is 4.79 Å². The molecule has 0 unspecified atom stereocenters. The van der Waals surface area contributed by atoms with Crippen molar-refractivity contribution in [1.29, 1.82) is 0 Å². The monoisotopic (exact) mass is 565 g/mol. The smallest absolute Gasteiger partial charge is 0.341 e. The Hall–Kier alpha value is -2.72. The molecular weight excluding hydrogens is 546 g/mol. The minimum Gasteiger partial charge on any atom is -0.493 e. The minimum atomic E-state index is -1.13. The lowest BCUT2D eigenvalue weighted by Crippen LogP contribution is -2.23. The van der Waals surface area contributed by atoms with E-state index in [1.807, 2.05) is 19.9 Å². The first-order valence-corrected chi connectivity index (χ1v) is 11.3. The number of fused-ring (bicyclic) bond motifs is 1. The third-order valence-corrected chi connectivity index (χ3v) is 5.76. The zero-order chi connectivity index (χ0) is 23.4. The van der Waals surface area contributed by atoms with E-state index in [0.717, 1.165) is 10.9 Å². The summed E-state index contributed by atoms with van der Waals surface area (Å²) in [6, 6.07) is 8.68. The topological polar surface area (TPSA) is 103 Å². The molecule has 3 aromatic rings. The maximum Gasteiger partial charge on any atom is 0.341 e. The first-order chi connectivity index (χ1) is 15.2. The second kappa shape index (κ2) is 10.3. The molecule has 10 heteroatoms. The molecule has 168 valence electrons. The number of methoxy groups -OCH3 is 1. The molecule has 0 bridgehead atoms. The predicted molar refractivity (Wildman–Crippen MR) is 129 cm³/mol. The van der Waals surface area contributed by atoms with Crippen LogP contribution < -0.4 is 15.0 Å². The van der Waals surface area contributed by atoms with Crippen molar-refractivity contribution < 1.29 is 19.4 Å². The van der Waals surface area contributed by atoms with Gasteiger partial charge in [-0.05, 0) is 36.8 Å². The molecular formula is C22H21Br2N3O5. The Kier molecular flexibility index (Phi) is 7.68. The Morgan fingerprint density at radius 2 is 2.03 bits per heavy atom. The van der Waals surface area contributed by atoms with Gasteiger partial charge in [-0.1, -0.05) is 45.7 Å². The molecule has 0 aliphatic rings. The summed E-state index contributed by atoms with van der Waals surface area (Å²) in [4.78, 5) is 29.0. The van der Waals surface area contributed by atoms with Crippen molar-refractivity contribution in [3.63, 3.8) is 0 Å². The van der Waals surface area contributed by atoms with Crippen LogP contribution in [0.15, 0.2) is 49.2 Å². The summed E-state index contributed by atoms with van der Waals surface area (Å²) < 4.78 is 13.5. The molecule has 32 heavy (non-hydrogen) atoms.